The number of hydrogen-bond donors (Lipinski definition) is 0. The van der Waals surface area contributed by atoms with E-state index in [0.717, 1.165) is 0 Å². The Kier molecular flexibility index (Phi) is 5.56. The van der Waals surface area contributed by atoms with Gasteiger partial charge in [0, 0.05) is 6.07 Å². The third kappa shape index (κ3) is 4.25. The highest BCUT2D eigenvalue weighted by molar-refractivity contribution is 6.88. The average molecular weight is 419 g/mol. The minimum Gasteiger partial charge on any atom is -0.200 e. The molecule has 3 aromatic rings. The molecule has 0 radical (unpaired) electrons. The lowest BCUT2D eigenvalue weighted by Crippen LogP contribution is -2.37. The maximum absolute atomic E-state index is 2.44. The van der Waals surface area contributed by atoms with Crippen LogP contribution in [0.3, 0.4) is 0 Å². The minimum absolute atomic E-state index is 0.105. The fourth-order valence-electron chi connectivity index (χ4n) is 4.35. The van der Waals surface area contributed by atoms with Gasteiger partial charge in [0.05, 0.1) is 19.0 Å². The smallest absolute Gasteiger partial charge is 0.200 e. The van der Waals surface area contributed by atoms with Gasteiger partial charge in [-0.3, -0.25) is 0 Å². The summed E-state index contributed by atoms with van der Waals surface area (Å²) in [7, 11) is 0.836. The standard InChI is InChI=1S/C28H40NSi/c1-19-24(17-21(27(2,3)4)18-25(19)28(5,6)7)26-23-13-12-22(30(9,10)11)16-20(23)14-15-29(26)8/h12-18H,1-11H3/q+1. The highest BCUT2D eigenvalue weighted by Crippen LogP contribution is 2.38. The lowest BCUT2D eigenvalue weighted by molar-refractivity contribution is -0.659. The van der Waals surface area contributed by atoms with Crippen LogP contribution in [0.25, 0.3) is 22.0 Å². The average Bonchev–Trinajstić information content (AvgIpc) is 2.59. The van der Waals surface area contributed by atoms with Crippen molar-refractivity contribution in [2.75, 3.05) is 0 Å². The van der Waals surface area contributed by atoms with Crippen LogP contribution in [0.4, 0.5) is 0 Å². The molecule has 0 bridgehead atoms. The summed E-state index contributed by atoms with van der Waals surface area (Å²) < 4.78 is 2.30. The second-order valence-electron chi connectivity index (χ2n) is 12.0. The van der Waals surface area contributed by atoms with Crippen molar-refractivity contribution in [1.82, 2.24) is 0 Å². The topological polar surface area (TPSA) is 3.88 Å². The van der Waals surface area contributed by atoms with Gasteiger partial charge in [0.15, 0.2) is 6.20 Å². The molecule has 0 amide bonds. The molecule has 1 heterocycles. The molecule has 1 nitrogen and oxygen atoms in total. The van der Waals surface area contributed by atoms with E-state index in [2.05, 4.69) is 122 Å². The molecule has 0 aliphatic carbocycles. The summed E-state index contributed by atoms with van der Waals surface area (Å²) in [5, 5.41) is 4.21. The number of rotatable bonds is 2. The first-order chi connectivity index (χ1) is 13.6. The zero-order valence-electron chi connectivity index (χ0n) is 21.0. The number of benzene rings is 2. The van der Waals surface area contributed by atoms with Crippen molar-refractivity contribution in [2.45, 2.75) is 78.9 Å². The molecular weight excluding hydrogens is 378 g/mol. The molecule has 0 saturated carbocycles. The van der Waals surface area contributed by atoms with Gasteiger partial charge in [0.2, 0.25) is 5.69 Å². The van der Waals surface area contributed by atoms with E-state index in [-0.39, 0.29) is 10.8 Å². The van der Waals surface area contributed by atoms with Crippen LogP contribution in [-0.2, 0) is 17.9 Å². The highest BCUT2D eigenvalue weighted by Gasteiger charge is 2.27. The van der Waals surface area contributed by atoms with Crippen LogP contribution in [-0.4, -0.2) is 8.07 Å². The minimum atomic E-state index is -1.35. The lowest BCUT2D eigenvalue weighted by Gasteiger charge is -2.28. The Labute approximate surface area is 185 Å². The molecule has 0 aliphatic rings. The summed E-state index contributed by atoms with van der Waals surface area (Å²) in [6.07, 6.45) is 2.23. The van der Waals surface area contributed by atoms with Gasteiger partial charge in [0.1, 0.15) is 7.05 Å². The molecule has 0 aliphatic heterocycles. The number of fused-ring (bicyclic) bond motifs is 1. The van der Waals surface area contributed by atoms with E-state index in [0.29, 0.717) is 0 Å². The number of aromatic nitrogens is 1. The number of hydrogen-bond acceptors (Lipinski definition) is 0. The molecule has 160 valence electrons. The Hall–Kier alpha value is -1.93. The van der Waals surface area contributed by atoms with E-state index in [4.69, 9.17) is 0 Å². The molecule has 0 fully saturated rings. The first-order valence-electron chi connectivity index (χ1n) is 11.2. The maximum atomic E-state index is 2.44. The number of pyridine rings is 1. The van der Waals surface area contributed by atoms with Gasteiger partial charge in [0.25, 0.3) is 0 Å². The van der Waals surface area contributed by atoms with Gasteiger partial charge >= 0.3 is 0 Å². The normalized spacial score (nSPS) is 13.2. The lowest BCUT2D eigenvalue weighted by atomic mass is 9.76. The van der Waals surface area contributed by atoms with Crippen LogP contribution in [0.2, 0.25) is 19.6 Å². The van der Waals surface area contributed by atoms with Gasteiger partial charge in [-0.1, -0.05) is 84.6 Å². The van der Waals surface area contributed by atoms with Gasteiger partial charge in [-0.25, -0.2) is 4.57 Å². The molecular formula is C28H40NSi+. The van der Waals surface area contributed by atoms with E-state index in [1.165, 1.54) is 43.9 Å². The van der Waals surface area contributed by atoms with Crippen molar-refractivity contribution in [3.63, 3.8) is 0 Å². The number of nitrogens with zero attached hydrogens (tertiary/aromatic N) is 1. The van der Waals surface area contributed by atoms with Gasteiger partial charge in [-0.15, -0.1) is 0 Å². The Bertz CT molecular complexity index is 1100. The number of aryl methyl sites for hydroxylation is 1. The monoisotopic (exact) mass is 418 g/mol. The summed E-state index contributed by atoms with van der Waals surface area (Å²) in [6.45, 7) is 23.5. The van der Waals surface area contributed by atoms with E-state index < -0.39 is 8.07 Å². The van der Waals surface area contributed by atoms with Crippen molar-refractivity contribution in [1.29, 1.82) is 0 Å². The quantitative estimate of drug-likeness (QED) is 0.319. The van der Waals surface area contributed by atoms with E-state index in [1.807, 2.05) is 0 Å². The summed E-state index contributed by atoms with van der Waals surface area (Å²) >= 11 is 0. The largest absolute Gasteiger partial charge is 0.220 e. The molecule has 0 unspecified atom stereocenters. The van der Waals surface area contributed by atoms with Crippen LogP contribution in [0.1, 0.15) is 58.2 Å². The molecule has 0 spiro atoms. The third-order valence-electron chi connectivity index (χ3n) is 6.34. The summed E-state index contributed by atoms with van der Waals surface area (Å²) in [5.41, 5.74) is 7.15. The Morgan fingerprint density at radius 3 is 1.97 bits per heavy atom. The molecule has 0 saturated heterocycles. The summed E-state index contributed by atoms with van der Waals surface area (Å²) in [6, 6.07) is 14.3. The van der Waals surface area contributed by atoms with Crippen LogP contribution in [0, 0.1) is 6.92 Å². The van der Waals surface area contributed by atoms with E-state index >= 15 is 0 Å². The predicted octanol–water partition coefficient (Wildman–Crippen LogP) is 6.78. The molecule has 1 aromatic heterocycles. The second kappa shape index (κ2) is 7.34. The van der Waals surface area contributed by atoms with Crippen molar-refractivity contribution in [2.24, 2.45) is 7.05 Å². The molecule has 30 heavy (non-hydrogen) atoms. The Balaban J connectivity index is 2.41. The van der Waals surface area contributed by atoms with Crippen LogP contribution >= 0.6 is 0 Å². The fraction of sp³-hybridized carbons (Fsp3) is 0.464. The summed E-state index contributed by atoms with van der Waals surface area (Å²) in [5.74, 6) is 0. The fourth-order valence-corrected chi connectivity index (χ4v) is 5.52. The van der Waals surface area contributed by atoms with Crippen molar-refractivity contribution < 1.29 is 4.57 Å². The van der Waals surface area contributed by atoms with Gasteiger partial charge < -0.3 is 0 Å². The van der Waals surface area contributed by atoms with Crippen LogP contribution < -0.4 is 9.75 Å². The van der Waals surface area contributed by atoms with Crippen molar-refractivity contribution in [3.8, 4) is 11.3 Å². The van der Waals surface area contributed by atoms with E-state index in [9.17, 15) is 0 Å². The van der Waals surface area contributed by atoms with Crippen molar-refractivity contribution in [3.05, 3.63) is 59.3 Å². The maximum Gasteiger partial charge on any atom is 0.220 e. The SMILES string of the molecule is Cc1c(-c2c3ccc([Si](C)(C)C)cc3cc[n+]2C)cc(C(C)(C)C)cc1C(C)(C)C. The first-order valence-corrected chi connectivity index (χ1v) is 14.7. The highest BCUT2D eigenvalue weighted by atomic mass is 28.3. The van der Waals surface area contributed by atoms with Crippen LogP contribution in [0.5, 0.6) is 0 Å². The predicted molar refractivity (Wildman–Crippen MR) is 136 cm³/mol. The molecule has 3 rings (SSSR count). The zero-order valence-corrected chi connectivity index (χ0v) is 22.0. The summed E-state index contributed by atoms with van der Waals surface area (Å²) in [4.78, 5) is 0. The zero-order chi connectivity index (χ0) is 22.6. The van der Waals surface area contributed by atoms with Crippen molar-refractivity contribution >= 4 is 24.0 Å². The van der Waals surface area contributed by atoms with Crippen LogP contribution in [0.15, 0.2) is 42.6 Å². The molecule has 0 N–H and O–H groups in total. The van der Waals surface area contributed by atoms with Gasteiger partial charge in [-0.2, -0.15) is 0 Å². The third-order valence-corrected chi connectivity index (χ3v) is 8.38. The molecule has 0 atom stereocenters. The second-order valence-corrected chi connectivity index (χ2v) is 17.1. The molecule has 2 aromatic carbocycles. The first kappa shape index (κ1) is 22.7. The Morgan fingerprint density at radius 1 is 0.800 bits per heavy atom. The molecule has 2 heteroatoms. The van der Waals surface area contributed by atoms with E-state index in [1.54, 1.807) is 0 Å². The Morgan fingerprint density at radius 2 is 1.43 bits per heavy atom. The van der Waals surface area contributed by atoms with Gasteiger partial charge in [-0.05, 0) is 52.0 Å².